The van der Waals surface area contributed by atoms with Crippen LogP contribution in [-0.4, -0.2) is 37.0 Å². The Bertz CT molecular complexity index is 758. The number of hydrogen-bond acceptors (Lipinski definition) is 4. The molecule has 0 radical (unpaired) electrons. The standard InChI is InChI=1S/C15H19NS.C6H13NO3S/c1-13(11-14-7-4-3-5-8-14)16(2)12-15-9-6-10-17-15;8-11(9,10)7-6-4-2-1-3-5-6/h3-10,13H,11-12H2,1-2H3;6-7H,1-5H2,(H,8,9,10). The van der Waals surface area contributed by atoms with Crippen LogP contribution in [0.1, 0.15) is 49.5 Å². The van der Waals surface area contributed by atoms with Crippen LogP contribution in [0.3, 0.4) is 0 Å². The molecule has 3 rings (SSSR count). The first kappa shape index (κ1) is 23.0. The lowest BCUT2D eigenvalue weighted by atomic mass is 9.96. The molecule has 1 atom stereocenters. The smallest absolute Gasteiger partial charge is 0.298 e. The molecule has 2 aromatic rings. The maximum Gasteiger partial charge on any atom is 0.333 e. The average Bonchev–Trinajstić information content (AvgIpc) is 3.15. The summed E-state index contributed by atoms with van der Waals surface area (Å²) in [5, 5.41) is 2.14. The summed E-state index contributed by atoms with van der Waals surface area (Å²) in [5.74, 6) is 0. The molecule has 1 aromatic carbocycles. The number of thiophene rings is 1. The highest BCUT2D eigenvalue weighted by molar-refractivity contribution is 7.83. The lowest BCUT2D eigenvalue weighted by Gasteiger charge is -2.24. The molecule has 0 bridgehead atoms. The summed E-state index contributed by atoms with van der Waals surface area (Å²) in [6, 6.07) is 15.6. The van der Waals surface area contributed by atoms with E-state index in [1.54, 1.807) is 0 Å². The van der Waals surface area contributed by atoms with Crippen LogP contribution in [0.4, 0.5) is 0 Å². The van der Waals surface area contributed by atoms with E-state index in [9.17, 15) is 8.42 Å². The molecule has 1 saturated carbocycles. The summed E-state index contributed by atoms with van der Waals surface area (Å²) in [6.45, 7) is 3.34. The SMILES string of the molecule is CC(Cc1ccccc1)N(C)Cc1cccs1.O=S(=O)(O)NC1CCCCC1. The molecular formula is C21H32N2O3S2. The van der Waals surface area contributed by atoms with E-state index >= 15 is 0 Å². The number of hydrogen-bond donors (Lipinski definition) is 2. The zero-order chi connectivity index (χ0) is 20.4. The summed E-state index contributed by atoms with van der Waals surface area (Å²) in [4.78, 5) is 3.85. The van der Waals surface area contributed by atoms with Crippen molar-refractivity contribution in [3.8, 4) is 0 Å². The Kier molecular flexibility index (Phi) is 9.61. The molecule has 1 aliphatic carbocycles. The van der Waals surface area contributed by atoms with Gasteiger partial charge in [-0.15, -0.1) is 11.3 Å². The van der Waals surface area contributed by atoms with Crippen LogP contribution in [0.25, 0.3) is 0 Å². The van der Waals surface area contributed by atoms with Crippen LogP contribution in [0, 0.1) is 0 Å². The van der Waals surface area contributed by atoms with Gasteiger partial charge in [-0.2, -0.15) is 13.1 Å². The van der Waals surface area contributed by atoms with Crippen molar-refractivity contribution in [1.29, 1.82) is 0 Å². The third kappa shape index (κ3) is 9.30. The molecule has 0 saturated heterocycles. The largest absolute Gasteiger partial charge is 0.333 e. The first-order valence-electron chi connectivity index (χ1n) is 9.85. The summed E-state index contributed by atoms with van der Waals surface area (Å²) >= 11 is 1.83. The molecule has 1 aliphatic rings. The fraction of sp³-hybridized carbons (Fsp3) is 0.524. The molecule has 2 N–H and O–H groups in total. The lowest BCUT2D eigenvalue weighted by Crippen LogP contribution is -2.35. The normalized spacial score (nSPS) is 16.4. The zero-order valence-corrected chi connectivity index (χ0v) is 18.4. The third-order valence-electron chi connectivity index (χ3n) is 5.03. The van der Waals surface area contributed by atoms with E-state index in [4.69, 9.17) is 4.55 Å². The van der Waals surface area contributed by atoms with Crippen LogP contribution in [-0.2, 0) is 23.3 Å². The first-order valence-corrected chi connectivity index (χ1v) is 12.2. The Balaban J connectivity index is 0.000000221. The van der Waals surface area contributed by atoms with Crippen molar-refractivity contribution in [2.45, 2.75) is 64.1 Å². The van der Waals surface area contributed by atoms with Crippen LogP contribution in [0.2, 0.25) is 0 Å². The van der Waals surface area contributed by atoms with Crippen LogP contribution < -0.4 is 4.72 Å². The van der Waals surface area contributed by atoms with Crippen LogP contribution in [0.5, 0.6) is 0 Å². The van der Waals surface area contributed by atoms with E-state index < -0.39 is 10.3 Å². The Morgan fingerprint density at radius 3 is 2.39 bits per heavy atom. The van der Waals surface area contributed by atoms with Gasteiger partial charge >= 0.3 is 10.3 Å². The summed E-state index contributed by atoms with van der Waals surface area (Å²) in [7, 11) is -1.77. The van der Waals surface area contributed by atoms with Gasteiger partial charge in [-0.1, -0.05) is 55.7 Å². The van der Waals surface area contributed by atoms with E-state index in [0.717, 1.165) is 38.6 Å². The van der Waals surface area contributed by atoms with Crippen molar-refractivity contribution in [1.82, 2.24) is 9.62 Å². The number of nitrogens with zero attached hydrogens (tertiary/aromatic N) is 1. The van der Waals surface area contributed by atoms with Crippen LogP contribution >= 0.6 is 11.3 Å². The maximum atomic E-state index is 10.3. The van der Waals surface area contributed by atoms with Gasteiger partial charge in [-0.3, -0.25) is 9.45 Å². The maximum absolute atomic E-state index is 10.3. The number of nitrogens with one attached hydrogen (secondary N) is 1. The molecule has 7 heteroatoms. The van der Waals surface area contributed by atoms with E-state index in [1.165, 1.54) is 16.9 Å². The van der Waals surface area contributed by atoms with Gasteiger partial charge in [0.15, 0.2) is 0 Å². The minimum atomic E-state index is -3.97. The molecule has 1 heterocycles. The Morgan fingerprint density at radius 1 is 1.14 bits per heavy atom. The monoisotopic (exact) mass is 424 g/mol. The molecule has 1 unspecified atom stereocenters. The third-order valence-corrected chi connectivity index (χ3v) is 6.52. The van der Waals surface area contributed by atoms with Crippen molar-refractivity contribution < 1.29 is 13.0 Å². The predicted octanol–water partition coefficient (Wildman–Crippen LogP) is 4.52. The second kappa shape index (κ2) is 11.7. The minimum absolute atomic E-state index is 0.0428. The van der Waals surface area contributed by atoms with Crippen molar-refractivity contribution in [3.05, 3.63) is 58.3 Å². The molecule has 0 amide bonds. The van der Waals surface area contributed by atoms with Gasteiger partial charge in [0.05, 0.1) is 0 Å². The van der Waals surface area contributed by atoms with E-state index in [-0.39, 0.29) is 6.04 Å². The van der Waals surface area contributed by atoms with Gasteiger partial charge in [0, 0.05) is 23.5 Å². The summed E-state index contributed by atoms with van der Waals surface area (Å²) in [6.07, 6.45) is 6.08. The van der Waals surface area contributed by atoms with Gasteiger partial charge in [0.25, 0.3) is 0 Å². The highest BCUT2D eigenvalue weighted by atomic mass is 32.2. The molecule has 156 valence electrons. The number of likely N-dealkylation sites (N-methyl/N-ethyl adjacent to an activating group) is 1. The molecule has 1 fully saturated rings. The fourth-order valence-corrected chi connectivity index (χ4v) is 4.77. The molecular weight excluding hydrogens is 392 g/mol. The van der Waals surface area contributed by atoms with Crippen molar-refractivity contribution >= 4 is 21.6 Å². The molecule has 0 spiro atoms. The Hall–Kier alpha value is -1.25. The zero-order valence-electron chi connectivity index (χ0n) is 16.8. The first-order chi connectivity index (χ1) is 13.3. The summed E-state index contributed by atoms with van der Waals surface area (Å²) in [5.41, 5.74) is 1.41. The second-order valence-corrected chi connectivity index (χ2v) is 9.68. The van der Waals surface area contributed by atoms with Gasteiger partial charge in [-0.25, -0.2) is 0 Å². The van der Waals surface area contributed by atoms with Crippen molar-refractivity contribution in [3.63, 3.8) is 0 Å². The van der Waals surface area contributed by atoms with Gasteiger partial charge in [-0.05, 0) is 50.2 Å². The Morgan fingerprint density at radius 2 is 1.82 bits per heavy atom. The second-order valence-electron chi connectivity index (χ2n) is 7.46. The van der Waals surface area contributed by atoms with Gasteiger partial charge in [0.2, 0.25) is 0 Å². The van der Waals surface area contributed by atoms with E-state index in [1.807, 2.05) is 11.3 Å². The quantitative estimate of drug-likeness (QED) is 0.641. The van der Waals surface area contributed by atoms with Gasteiger partial charge in [0.1, 0.15) is 0 Å². The van der Waals surface area contributed by atoms with E-state index in [0.29, 0.717) is 6.04 Å². The minimum Gasteiger partial charge on any atom is -0.298 e. The molecule has 0 aliphatic heterocycles. The van der Waals surface area contributed by atoms with Gasteiger partial charge < -0.3 is 0 Å². The number of benzene rings is 1. The topological polar surface area (TPSA) is 69.6 Å². The highest BCUT2D eigenvalue weighted by Crippen LogP contribution is 2.17. The predicted molar refractivity (Wildman–Crippen MR) is 117 cm³/mol. The average molecular weight is 425 g/mol. The van der Waals surface area contributed by atoms with Crippen molar-refractivity contribution in [2.75, 3.05) is 7.05 Å². The lowest BCUT2D eigenvalue weighted by molar-refractivity contribution is 0.250. The van der Waals surface area contributed by atoms with Crippen LogP contribution in [0.15, 0.2) is 47.8 Å². The van der Waals surface area contributed by atoms with E-state index in [2.05, 4.69) is 71.4 Å². The molecule has 1 aromatic heterocycles. The highest BCUT2D eigenvalue weighted by Gasteiger charge is 2.17. The summed E-state index contributed by atoms with van der Waals surface area (Å²) < 4.78 is 31.3. The fourth-order valence-electron chi connectivity index (χ4n) is 3.35. The molecule has 5 nitrogen and oxygen atoms in total. The molecule has 28 heavy (non-hydrogen) atoms. The van der Waals surface area contributed by atoms with Crippen molar-refractivity contribution in [2.24, 2.45) is 0 Å². The Labute approximate surface area is 173 Å². The number of rotatable bonds is 7.